The van der Waals surface area contributed by atoms with Gasteiger partial charge in [0.15, 0.2) is 0 Å². The van der Waals surface area contributed by atoms with Crippen molar-refractivity contribution in [3.63, 3.8) is 0 Å². The van der Waals surface area contributed by atoms with Crippen molar-refractivity contribution in [1.29, 1.82) is 0 Å². The van der Waals surface area contributed by atoms with E-state index < -0.39 is 5.97 Å². The molecule has 0 aliphatic rings. The molecule has 1 aromatic rings. The van der Waals surface area contributed by atoms with Crippen LogP contribution in [0.25, 0.3) is 0 Å². The largest absolute Gasteiger partial charge is 0.491 e. The van der Waals surface area contributed by atoms with Crippen molar-refractivity contribution < 1.29 is 19.4 Å². The number of nitrogens with zero attached hydrogens (tertiary/aromatic N) is 1. The van der Waals surface area contributed by atoms with E-state index in [-0.39, 0.29) is 25.1 Å². The van der Waals surface area contributed by atoms with Crippen LogP contribution in [0, 0.1) is 0 Å². The lowest BCUT2D eigenvalue weighted by molar-refractivity contribution is -0.137. The molecule has 0 aliphatic heterocycles. The Morgan fingerprint density at radius 2 is 2.14 bits per heavy atom. The minimum Gasteiger partial charge on any atom is -0.491 e. The summed E-state index contributed by atoms with van der Waals surface area (Å²) in [5, 5.41) is 11.3. The Balaban J connectivity index is 2.59. The Kier molecular flexibility index (Phi) is 6.52. The Labute approximate surface area is 124 Å². The molecule has 6 nitrogen and oxygen atoms in total. The summed E-state index contributed by atoms with van der Waals surface area (Å²) in [5.41, 5.74) is 0.614. The zero-order valence-corrected chi connectivity index (χ0v) is 12.6. The quantitative estimate of drug-likeness (QED) is 0.810. The third kappa shape index (κ3) is 6.16. The van der Waals surface area contributed by atoms with Crippen LogP contribution in [0.5, 0.6) is 5.75 Å². The van der Waals surface area contributed by atoms with Gasteiger partial charge in [0.05, 0.1) is 12.5 Å². The molecule has 0 aromatic heterocycles. The van der Waals surface area contributed by atoms with Crippen molar-refractivity contribution in [2.45, 2.75) is 32.8 Å². The first-order chi connectivity index (χ1) is 9.92. The zero-order chi connectivity index (χ0) is 15.8. The molecule has 0 saturated carbocycles. The molecule has 0 spiro atoms. The van der Waals surface area contributed by atoms with Gasteiger partial charge in [0, 0.05) is 25.3 Å². The molecule has 116 valence electrons. The fourth-order valence-corrected chi connectivity index (χ4v) is 1.55. The number of amides is 2. The van der Waals surface area contributed by atoms with Gasteiger partial charge in [-0.15, -0.1) is 0 Å². The van der Waals surface area contributed by atoms with E-state index in [9.17, 15) is 9.59 Å². The highest BCUT2D eigenvalue weighted by Gasteiger charge is 2.11. The third-order valence-electron chi connectivity index (χ3n) is 3.01. The summed E-state index contributed by atoms with van der Waals surface area (Å²) < 4.78 is 5.68. The van der Waals surface area contributed by atoms with Crippen LogP contribution >= 0.6 is 0 Å². The summed E-state index contributed by atoms with van der Waals surface area (Å²) in [6, 6.07) is 6.78. The SMILES string of the molecule is CCC(C)Oc1cccc(NC(=O)N(C)CCC(=O)O)c1. The number of anilines is 1. The maximum atomic E-state index is 11.9. The fraction of sp³-hybridized carbons (Fsp3) is 0.467. The van der Waals surface area contributed by atoms with Gasteiger partial charge in [0.2, 0.25) is 0 Å². The Morgan fingerprint density at radius 1 is 1.43 bits per heavy atom. The molecular weight excluding hydrogens is 272 g/mol. The van der Waals surface area contributed by atoms with Gasteiger partial charge in [0.25, 0.3) is 0 Å². The first-order valence-corrected chi connectivity index (χ1v) is 6.93. The number of carboxylic acids is 1. The second-order valence-corrected chi connectivity index (χ2v) is 4.86. The maximum Gasteiger partial charge on any atom is 0.321 e. The van der Waals surface area contributed by atoms with Gasteiger partial charge < -0.3 is 20.1 Å². The minimum atomic E-state index is -0.932. The molecule has 1 atom stereocenters. The summed E-state index contributed by atoms with van der Waals surface area (Å²) in [4.78, 5) is 23.7. The van der Waals surface area contributed by atoms with E-state index in [0.29, 0.717) is 11.4 Å². The van der Waals surface area contributed by atoms with Crippen molar-refractivity contribution in [2.75, 3.05) is 18.9 Å². The number of ether oxygens (including phenoxy) is 1. The molecule has 2 N–H and O–H groups in total. The monoisotopic (exact) mass is 294 g/mol. The Hall–Kier alpha value is -2.24. The average Bonchev–Trinajstić information content (AvgIpc) is 2.44. The smallest absolute Gasteiger partial charge is 0.321 e. The summed E-state index contributed by atoms with van der Waals surface area (Å²) in [6.07, 6.45) is 0.921. The van der Waals surface area contributed by atoms with Gasteiger partial charge in [-0.1, -0.05) is 13.0 Å². The molecular formula is C15H22N2O4. The highest BCUT2D eigenvalue weighted by molar-refractivity contribution is 5.89. The molecule has 0 aliphatic carbocycles. The maximum absolute atomic E-state index is 11.9. The molecule has 0 radical (unpaired) electrons. The molecule has 1 unspecified atom stereocenters. The highest BCUT2D eigenvalue weighted by atomic mass is 16.5. The Morgan fingerprint density at radius 3 is 2.76 bits per heavy atom. The summed E-state index contributed by atoms with van der Waals surface area (Å²) in [7, 11) is 1.55. The first kappa shape index (κ1) is 16.8. The van der Waals surface area contributed by atoms with E-state index in [2.05, 4.69) is 5.32 Å². The number of nitrogens with one attached hydrogen (secondary N) is 1. The predicted molar refractivity (Wildman–Crippen MR) is 80.7 cm³/mol. The fourth-order valence-electron chi connectivity index (χ4n) is 1.55. The number of aliphatic carboxylic acids is 1. The Bertz CT molecular complexity index is 490. The van der Waals surface area contributed by atoms with E-state index in [0.717, 1.165) is 6.42 Å². The molecule has 1 aromatic carbocycles. The summed E-state index contributed by atoms with van der Waals surface area (Å²) in [6.45, 7) is 4.17. The van der Waals surface area contributed by atoms with Crippen LogP contribution in [0.3, 0.4) is 0 Å². The molecule has 2 amide bonds. The number of carboxylic acid groups (broad SMARTS) is 1. The van der Waals surface area contributed by atoms with Crippen molar-refractivity contribution >= 4 is 17.7 Å². The lowest BCUT2D eigenvalue weighted by Gasteiger charge is -2.18. The van der Waals surface area contributed by atoms with E-state index in [4.69, 9.17) is 9.84 Å². The van der Waals surface area contributed by atoms with E-state index in [1.54, 1.807) is 25.2 Å². The summed E-state index contributed by atoms with van der Waals surface area (Å²) in [5.74, 6) is -0.242. The number of hydrogen-bond donors (Lipinski definition) is 2. The van der Waals surface area contributed by atoms with Crippen molar-refractivity contribution in [3.05, 3.63) is 24.3 Å². The molecule has 6 heteroatoms. The van der Waals surface area contributed by atoms with Gasteiger partial charge in [0.1, 0.15) is 5.75 Å². The van der Waals surface area contributed by atoms with Crippen molar-refractivity contribution in [2.24, 2.45) is 0 Å². The van der Waals surface area contributed by atoms with Crippen LogP contribution in [0.2, 0.25) is 0 Å². The highest BCUT2D eigenvalue weighted by Crippen LogP contribution is 2.19. The number of rotatable bonds is 7. The van der Waals surface area contributed by atoms with Crippen LogP contribution < -0.4 is 10.1 Å². The van der Waals surface area contributed by atoms with E-state index in [1.165, 1.54) is 4.90 Å². The zero-order valence-electron chi connectivity index (χ0n) is 12.6. The number of benzene rings is 1. The molecule has 1 rings (SSSR count). The van der Waals surface area contributed by atoms with Crippen molar-refractivity contribution in [1.82, 2.24) is 4.90 Å². The number of carbonyl (C=O) groups excluding carboxylic acids is 1. The van der Waals surface area contributed by atoms with Crippen LogP contribution in [0.1, 0.15) is 26.7 Å². The normalized spacial score (nSPS) is 11.6. The number of urea groups is 1. The van der Waals surface area contributed by atoms with Gasteiger partial charge in [-0.3, -0.25) is 4.79 Å². The standard InChI is InChI=1S/C15H22N2O4/c1-4-11(2)21-13-7-5-6-12(10-13)16-15(20)17(3)9-8-14(18)19/h5-7,10-11H,4,8-9H2,1-3H3,(H,16,20)(H,18,19). The predicted octanol–water partition coefficient (Wildman–Crippen LogP) is 2.80. The molecule has 0 heterocycles. The third-order valence-corrected chi connectivity index (χ3v) is 3.01. The van der Waals surface area contributed by atoms with Crippen LogP contribution in [0.4, 0.5) is 10.5 Å². The first-order valence-electron chi connectivity index (χ1n) is 6.93. The number of hydrogen-bond acceptors (Lipinski definition) is 3. The number of carbonyl (C=O) groups is 2. The van der Waals surface area contributed by atoms with E-state index in [1.807, 2.05) is 19.9 Å². The van der Waals surface area contributed by atoms with Gasteiger partial charge in [-0.25, -0.2) is 4.79 Å². The second-order valence-electron chi connectivity index (χ2n) is 4.86. The molecule has 0 saturated heterocycles. The molecule has 0 fully saturated rings. The average molecular weight is 294 g/mol. The second kappa shape index (κ2) is 8.14. The molecule has 21 heavy (non-hydrogen) atoms. The van der Waals surface area contributed by atoms with Crippen molar-refractivity contribution in [3.8, 4) is 5.75 Å². The molecule has 0 bridgehead atoms. The van der Waals surface area contributed by atoms with Crippen LogP contribution in [-0.4, -0.2) is 41.7 Å². The lowest BCUT2D eigenvalue weighted by Crippen LogP contribution is -2.33. The minimum absolute atomic E-state index is 0.0823. The van der Waals surface area contributed by atoms with Gasteiger partial charge >= 0.3 is 12.0 Å². The van der Waals surface area contributed by atoms with Crippen LogP contribution in [0.15, 0.2) is 24.3 Å². The van der Waals surface area contributed by atoms with Crippen LogP contribution in [-0.2, 0) is 4.79 Å². The van der Waals surface area contributed by atoms with E-state index >= 15 is 0 Å². The van der Waals surface area contributed by atoms with Gasteiger partial charge in [-0.05, 0) is 25.5 Å². The van der Waals surface area contributed by atoms with Gasteiger partial charge in [-0.2, -0.15) is 0 Å². The summed E-state index contributed by atoms with van der Waals surface area (Å²) >= 11 is 0. The lowest BCUT2D eigenvalue weighted by atomic mass is 10.3. The topological polar surface area (TPSA) is 78.9 Å².